The molecule has 0 atom stereocenters. The Bertz CT molecular complexity index is 657. The van der Waals surface area contributed by atoms with Crippen LogP contribution < -0.4 is 5.32 Å². The molecule has 1 aromatic heterocycles. The molecule has 0 radical (unpaired) electrons. The number of aryl methyl sites for hydroxylation is 1. The fraction of sp³-hybridized carbons (Fsp3) is 0.214. The van der Waals surface area contributed by atoms with Crippen molar-refractivity contribution in [1.82, 2.24) is 9.59 Å². The van der Waals surface area contributed by atoms with E-state index in [2.05, 4.69) is 26.7 Å². The number of hydrogen-bond acceptors (Lipinski definition) is 5. The number of nitrogens with one attached hydrogen (secondary N) is 1. The Labute approximate surface area is 120 Å². The summed E-state index contributed by atoms with van der Waals surface area (Å²) in [6, 6.07) is 5.58. The lowest BCUT2D eigenvalue weighted by molar-refractivity contribution is 0.103. The van der Waals surface area contributed by atoms with Crippen LogP contribution in [-0.4, -0.2) is 27.2 Å². The third kappa shape index (κ3) is 3.88. The lowest BCUT2D eigenvalue weighted by Gasteiger charge is -2.05. The van der Waals surface area contributed by atoms with Crippen molar-refractivity contribution in [2.75, 3.05) is 11.9 Å². The van der Waals surface area contributed by atoms with Crippen LogP contribution in [0.1, 0.15) is 27.2 Å². The lowest BCUT2D eigenvalue weighted by atomic mass is 10.1. The highest BCUT2D eigenvalue weighted by molar-refractivity contribution is 7.07. The van der Waals surface area contributed by atoms with Crippen molar-refractivity contribution in [2.45, 2.75) is 13.3 Å². The largest absolute Gasteiger partial charge is 0.395 e. The number of hydrogen-bond donors (Lipinski definition) is 2. The number of nitrogens with zero attached hydrogens (tertiary/aromatic N) is 2. The van der Waals surface area contributed by atoms with Crippen molar-refractivity contribution in [2.24, 2.45) is 0 Å². The molecule has 1 aromatic carbocycles. The first kappa shape index (κ1) is 14.2. The van der Waals surface area contributed by atoms with E-state index in [0.29, 0.717) is 17.0 Å². The van der Waals surface area contributed by atoms with Crippen LogP contribution >= 0.6 is 11.5 Å². The molecule has 5 nitrogen and oxygen atoms in total. The van der Waals surface area contributed by atoms with Crippen LogP contribution in [0.3, 0.4) is 0 Å². The molecular weight excluding hydrogens is 274 g/mol. The van der Waals surface area contributed by atoms with Crippen LogP contribution in [0.25, 0.3) is 0 Å². The third-order valence-electron chi connectivity index (χ3n) is 2.39. The molecule has 1 amide bonds. The highest BCUT2D eigenvalue weighted by Gasteiger charge is 2.09. The number of aromatic nitrogens is 2. The lowest BCUT2D eigenvalue weighted by Crippen LogP contribution is -2.10. The first-order valence-electron chi connectivity index (χ1n) is 5.99. The summed E-state index contributed by atoms with van der Waals surface area (Å²) in [5.41, 5.74) is 2.48. The van der Waals surface area contributed by atoms with Gasteiger partial charge in [-0.05, 0) is 42.2 Å². The van der Waals surface area contributed by atoms with Crippen molar-refractivity contribution >= 4 is 23.1 Å². The second-order valence-corrected chi connectivity index (χ2v) is 4.88. The van der Waals surface area contributed by atoms with Crippen LogP contribution in [0.5, 0.6) is 0 Å². The number of aliphatic hydroxyl groups is 1. The molecule has 0 saturated heterocycles. The van der Waals surface area contributed by atoms with Crippen LogP contribution in [-0.2, 0) is 0 Å². The van der Waals surface area contributed by atoms with E-state index >= 15 is 0 Å². The number of amides is 1. The molecule has 0 bridgehead atoms. The molecule has 2 aromatic rings. The topological polar surface area (TPSA) is 75.1 Å². The number of anilines is 1. The Kier molecular flexibility index (Phi) is 4.82. The molecule has 0 fully saturated rings. The maximum Gasteiger partial charge on any atom is 0.269 e. The van der Waals surface area contributed by atoms with E-state index in [9.17, 15) is 4.79 Å². The zero-order valence-electron chi connectivity index (χ0n) is 10.9. The molecule has 0 saturated carbocycles. The molecule has 0 aliphatic heterocycles. The molecule has 20 heavy (non-hydrogen) atoms. The molecule has 2 N–H and O–H groups in total. The van der Waals surface area contributed by atoms with Crippen LogP contribution in [0.4, 0.5) is 5.69 Å². The van der Waals surface area contributed by atoms with Crippen molar-refractivity contribution in [3.8, 4) is 11.8 Å². The van der Waals surface area contributed by atoms with Gasteiger partial charge >= 0.3 is 0 Å². The summed E-state index contributed by atoms with van der Waals surface area (Å²) in [6.07, 6.45) is 1.86. The van der Waals surface area contributed by atoms with E-state index in [0.717, 1.165) is 22.7 Å². The SMILES string of the molecule is Cc1cc(C#CCCO)cc(NC(=O)c2cnns2)c1. The van der Waals surface area contributed by atoms with Gasteiger partial charge in [0, 0.05) is 17.7 Å². The maximum atomic E-state index is 11.9. The molecule has 0 unspecified atom stereocenters. The van der Waals surface area contributed by atoms with Crippen molar-refractivity contribution < 1.29 is 9.90 Å². The summed E-state index contributed by atoms with van der Waals surface area (Å²) in [6.45, 7) is 1.97. The van der Waals surface area contributed by atoms with E-state index in [-0.39, 0.29) is 12.5 Å². The third-order valence-corrected chi connectivity index (χ3v) is 3.05. The normalized spacial score (nSPS) is 9.70. The van der Waals surface area contributed by atoms with Crippen molar-refractivity contribution in [1.29, 1.82) is 0 Å². The first-order valence-corrected chi connectivity index (χ1v) is 6.76. The predicted molar refractivity (Wildman–Crippen MR) is 77.6 cm³/mol. The summed E-state index contributed by atoms with van der Waals surface area (Å²) in [5.74, 6) is 5.57. The summed E-state index contributed by atoms with van der Waals surface area (Å²) >= 11 is 1.05. The zero-order chi connectivity index (χ0) is 14.4. The Morgan fingerprint density at radius 2 is 2.30 bits per heavy atom. The minimum atomic E-state index is -0.236. The number of aliphatic hydroxyl groups excluding tert-OH is 1. The fourth-order valence-electron chi connectivity index (χ4n) is 1.61. The summed E-state index contributed by atoms with van der Waals surface area (Å²) in [4.78, 5) is 12.4. The highest BCUT2D eigenvalue weighted by atomic mass is 32.1. The fourth-order valence-corrected chi connectivity index (χ4v) is 2.02. The first-order chi connectivity index (χ1) is 9.69. The highest BCUT2D eigenvalue weighted by Crippen LogP contribution is 2.15. The van der Waals surface area contributed by atoms with Crippen molar-refractivity contribution in [3.63, 3.8) is 0 Å². The molecule has 6 heteroatoms. The Morgan fingerprint density at radius 3 is 3.00 bits per heavy atom. The molecular formula is C14H13N3O2S. The predicted octanol–water partition coefficient (Wildman–Crippen LogP) is 1.83. The number of carbonyl (C=O) groups excluding carboxylic acids is 1. The van der Waals surface area contributed by atoms with Crippen LogP contribution in [0.2, 0.25) is 0 Å². The average Bonchev–Trinajstić information content (AvgIpc) is 2.92. The van der Waals surface area contributed by atoms with E-state index in [1.54, 1.807) is 6.07 Å². The molecule has 0 spiro atoms. The molecule has 2 rings (SSSR count). The second kappa shape index (κ2) is 6.80. The van der Waals surface area contributed by atoms with Gasteiger partial charge in [-0.3, -0.25) is 4.79 Å². The second-order valence-electron chi connectivity index (χ2n) is 4.10. The molecule has 0 aliphatic rings. The smallest absolute Gasteiger partial charge is 0.269 e. The van der Waals surface area contributed by atoms with Gasteiger partial charge in [0.2, 0.25) is 0 Å². The minimum absolute atomic E-state index is 0.0424. The Balaban J connectivity index is 2.16. The van der Waals surface area contributed by atoms with Gasteiger partial charge in [-0.2, -0.15) is 0 Å². The van der Waals surface area contributed by atoms with E-state index in [1.807, 2.05) is 19.1 Å². The van der Waals surface area contributed by atoms with Gasteiger partial charge in [0.15, 0.2) is 0 Å². The Morgan fingerprint density at radius 1 is 1.45 bits per heavy atom. The van der Waals surface area contributed by atoms with Gasteiger partial charge in [0.1, 0.15) is 4.88 Å². The molecule has 102 valence electrons. The van der Waals surface area contributed by atoms with Gasteiger partial charge in [-0.15, -0.1) is 5.10 Å². The van der Waals surface area contributed by atoms with Gasteiger partial charge in [0.05, 0.1) is 12.8 Å². The van der Waals surface area contributed by atoms with E-state index < -0.39 is 0 Å². The standard InChI is InChI=1S/C14H13N3O2S/c1-10-6-11(4-2-3-5-18)8-12(7-10)16-14(19)13-9-15-17-20-13/h6-9,18H,3,5H2,1H3,(H,16,19). The van der Waals surface area contributed by atoms with Crippen molar-refractivity contribution in [3.05, 3.63) is 40.4 Å². The van der Waals surface area contributed by atoms with Crippen LogP contribution in [0, 0.1) is 18.8 Å². The van der Waals surface area contributed by atoms with Gasteiger partial charge in [0.25, 0.3) is 5.91 Å². The van der Waals surface area contributed by atoms with Gasteiger partial charge in [-0.25, -0.2) is 0 Å². The zero-order valence-corrected chi connectivity index (χ0v) is 11.7. The monoisotopic (exact) mass is 287 g/mol. The van der Waals surface area contributed by atoms with Gasteiger partial charge in [-0.1, -0.05) is 16.3 Å². The maximum absolute atomic E-state index is 11.9. The van der Waals surface area contributed by atoms with Crippen LogP contribution in [0.15, 0.2) is 24.4 Å². The summed E-state index contributed by atoms with van der Waals surface area (Å²) in [5, 5.41) is 15.1. The Hall–Kier alpha value is -2.23. The minimum Gasteiger partial charge on any atom is -0.395 e. The van der Waals surface area contributed by atoms with E-state index in [1.165, 1.54) is 6.20 Å². The summed E-state index contributed by atoms with van der Waals surface area (Å²) in [7, 11) is 0. The average molecular weight is 287 g/mol. The molecule has 1 heterocycles. The summed E-state index contributed by atoms with van der Waals surface area (Å²) < 4.78 is 3.65. The van der Waals surface area contributed by atoms with Gasteiger partial charge < -0.3 is 10.4 Å². The number of rotatable bonds is 3. The van der Waals surface area contributed by atoms with E-state index in [4.69, 9.17) is 5.11 Å². The quantitative estimate of drug-likeness (QED) is 0.845. The molecule has 0 aliphatic carbocycles. The number of benzene rings is 1. The number of carbonyl (C=O) groups is 1.